The molecule has 1 N–H and O–H groups in total. The fraction of sp³-hybridized carbons (Fsp3) is 0.500. The van der Waals surface area contributed by atoms with Gasteiger partial charge in [0.25, 0.3) is 0 Å². The molecule has 2 rings (SSSR count). The SMILES string of the molecule is COC(=O)[C@@H]1OC(OC(C)=O)[C@H](OC(C)=O)[C@@H](OCc2ccccc2)[C@@H]1O. The molecule has 0 spiro atoms. The van der Waals surface area contributed by atoms with E-state index in [1.807, 2.05) is 18.2 Å². The second-order valence-electron chi connectivity index (χ2n) is 5.88. The number of esters is 3. The van der Waals surface area contributed by atoms with Gasteiger partial charge in [0.2, 0.25) is 6.29 Å². The maximum atomic E-state index is 11.9. The summed E-state index contributed by atoms with van der Waals surface area (Å²) in [6.45, 7) is 2.34. The quantitative estimate of drug-likeness (QED) is 0.548. The van der Waals surface area contributed by atoms with Crippen molar-refractivity contribution in [2.75, 3.05) is 7.11 Å². The number of carbonyl (C=O) groups is 3. The summed E-state index contributed by atoms with van der Waals surface area (Å²) >= 11 is 0. The van der Waals surface area contributed by atoms with Gasteiger partial charge in [0.1, 0.15) is 12.2 Å². The van der Waals surface area contributed by atoms with Gasteiger partial charge in [0.15, 0.2) is 12.2 Å². The van der Waals surface area contributed by atoms with Crippen LogP contribution in [-0.4, -0.2) is 60.8 Å². The summed E-state index contributed by atoms with van der Waals surface area (Å²) in [6, 6.07) is 9.05. The molecule has 0 saturated carbocycles. The lowest BCUT2D eigenvalue weighted by Gasteiger charge is -2.41. The molecule has 27 heavy (non-hydrogen) atoms. The number of aliphatic hydroxyl groups excluding tert-OH is 1. The van der Waals surface area contributed by atoms with Crippen LogP contribution in [0.2, 0.25) is 0 Å². The van der Waals surface area contributed by atoms with E-state index in [-0.39, 0.29) is 6.61 Å². The molecular weight excluding hydrogens is 360 g/mol. The lowest BCUT2D eigenvalue weighted by atomic mass is 9.98. The molecule has 0 aromatic heterocycles. The van der Waals surface area contributed by atoms with Gasteiger partial charge >= 0.3 is 17.9 Å². The molecule has 1 aliphatic heterocycles. The molecule has 1 aliphatic rings. The molecular formula is C18H22O9. The van der Waals surface area contributed by atoms with Crippen LogP contribution in [0.3, 0.4) is 0 Å². The number of aliphatic hydroxyl groups is 1. The molecule has 1 heterocycles. The Balaban J connectivity index is 2.28. The van der Waals surface area contributed by atoms with E-state index in [1.54, 1.807) is 12.1 Å². The van der Waals surface area contributed by atoms with E-state index < -0.39 is 48.6 Å². The summed E-state index contributed by atoms with van der Waals surface area (Å²) in [5, 5.41) is 10.6. The van der Waals surface area contributed by atoms with Crippen molar-refractivity contribution in [2.45, 2.75) is 51.2 Å². The summed E-state index contributed by atoms with van der Waals surface area (Å²) < 4.78 is 25.9. The van der Waals surface area contributed by atoms with Crippen molar-refractivity contribution in [1.29, 1.82) is 0 Å². The standard InChI is InChI=1S/C18H22O9/c1-10(19)25-16-14(24-9-12-7-5-4-6-8-12)13(21)15(17(22)23-3)27-18(16)26-11(2)20/h4-8,13-16,18,21H,9H2,1-3H3/t13-,14-,15+,16+,18?/m0/s1. The van der Waals surface area contributed by atoms with Crippen molar-refractivity contribution in [3.63, 3.8) is 0 Å². The van der Waals surface area contributed by atoms with Crippen LogP contribution in [0.25, 0.3) is 0 Å². The summed E-state index contributed by atoms with van der Waals surface area (Å²) in [5.74, 6) is -2.30. The fourth-order valence-electron chi connectivity index (χ4n) is 2.67. The van der Waals surface area contributed by atoms with Crippen LogP contribution >= 0.6 is 0 Å². The van der Waals surface area contributed by atoms with E-state index in [2.05, 4.69) is 4.74 Å². The van der Waals surface area contributed by atoms with Crippen LogP contribution in [-0.2, 0) is 44.7 Å². The molecule has 0 radical (unpaired) electrons. The minimum absolute atomic E-state index is 0.0566. The third-order valence-corrected chi connectivity index (χ3v) is 3.82. The average molecular weight is 382 g/mol. The maximum absolute atomic E-state index is 11.9. The van der Waals surface area contributed by atoms with E-state index in [0.29, 0.717) is 0 Å². The smallest absolute Gasteiger partial charge is 0.337 e. The number of hydrogen-bond donors (Lipinski definition) is 1. The van der Waals surface area contributed by atoms with Crippen molar-refractivity contribution in [1.82, 2.24) is 0 Å². The number of ether oxygens (including phenoxy) is 5. The lowest BCUT2D eigenvalue weighted by Crippen LogP contribution is -2.62. The third-order valence-electron chi connectivity index (χ3n) is 3.82. The van der Waals surface area contributed by atoms with Crippen molar-refractivity contribution < 1.29 is 43.2 Å². The molecule has 1 aromatic rings. The predicted molar refractivity (Wildman–Crippen MR) is 89.0 cm³/mol. The van der Waals surface area contributed by atoms with E-state index in [0.717, 1.165) is 26.5 Å². The number of benzene rings is 1. The van der Waals surface area contributed by atoms with Crippen molar-refractivity contribution >= 4 is 17.9 Å². The van der Waals surface area contributed by atoms with E-state index in [9.17, 15) is 19.5 Å². The first-order valence-electron chi connectivity index (χ1n) is 8.24. The van der Waals surface area contributed by atoms with Crippen molar-refractivity contribution in [2.24, 2.45) is 0 Å². The molecule has 9 heteroatoms. The number of carbonyl (C=O) groups excluding carboxylic acids is 3. The minimum Gasteiger partial charge on any atom is -0.467 e. The van der Waals surface area contributed by atoms with Crippen LogP contribution in [0.4, 0.5) is 0 Å². The van der Waals surface area contributed by atoms with Crippen LogP contribution in [0.1, 0.15) is 19.4 Å². The lowest BCUT2D eigenvalue weighted by molar-refractivity contribution is -0.297. The molecule has 0 bridgehead atoms. The van der Waals surface area contributed by atoms with Crippen molar-refractivity contribution in [3.05, 3.63) is 35.9 Å². The molecule has 148 valence electrons. The molecule has 9 nitrogen and oxygen atoms in total. The van der Waals surface area contributed by atoms with Gasteiger partial charge in [-0.1, -0.05) is 30.3 Å². The Bertz CT molecular complexity index is 660. The summed E-state index contributed by atoms with van der Waals surface area (Å²) in [5.41, 5.74) is 0.788. The Morgan fingerprint density at radius 1 is 1.04 bits per heavy atom. The number of rotatable bonds is 6. The zero-order valence-corrected chi connectivity index (χ0v) is 15.2. The molecule has 0 aliphatic carbocycles. The number of methoxy groups -OCH3 is 1. The fourth-order valence-corrected chi connectivity index (χ4v) is 2.67. The van der Waals surface area contributed by atoms with Gasteiger partial charge in [-0.2, -0.15) is 0 Å². The zero-order valence-electron chi connectivity index (χ0n) is 15.2. The highest BCUT2D eigenvalue weighted by molar-refractivity contribution is 5.76. The Kier molecular flexibility index (Phi) is 7.28. The van der Waals surface area contributed by atoms with E-state index in [4.69, 9.17) is 18.9 Å². The summed E-state index contributed by atoms with van der Waals surface area (Å²) in [7, 11) is 1.12. The van der Waals surface area contributed by atoms with Gasteiger partial charge < -0.3 is 28.8 Å². The van der Waals surface area contributed by atoms with Gasteiger partial charge in [-0.15, -0.1) is 0 Å². The van der Waals surface area contributed by atoms with Crippen LogP contribution in [0.15, 0.2) is 30.3 Å². The monoisotopic (exact) mass is 382 g/mol. The Morgan fingerprint density at radius 2 is 1.67 bits per heavy atom. The predicted octanol–water partition coefficient (Wildman–Crippen LogP) is 0.325. The summed E-state index contributed by atoms with van der Waals surface area (Å²) in [6.07, 6.45) is -6.91. The second kappa shape index (κ2) is 9.45. The highest BCUT2D eigenvalue weighted by atomic mass is 16.7. The molecule has 1 fully saturated rings. The Hall–Kier alpha value is -2.49. The molecule has 1 aromatic carbocycles. The van der Waals surface area contributed by atoms with E-state index >= 15 is 0 Å². The van der Waals surface area contributed by atoms with E-state index in [1.165, 1.54) is 0 Å². The van der Waals surface area contributed by atoms with Gasteiger partial charge in [0.05, 0.1) is 13.7 Å². The topological polar surface area (TPSA) is 118 Å². The first kappa shape index (κ1) is 20.8. The highest BCUT2D eigenvalue weighted by Gasteiger charge is 2.52. The molecule has 1 saturated heterocycles. The minimum atomic E-state index is -1.52. The van der Waals surface area contributed by atoms with Gasteiger partial charge in [-0.25, -0.2) is 4.79 Å². The number of hydrogen-bond acceptors (Lipinski definition) is 9. The normalized spacial score (nSPS) is 27.5. The Labute approximate surface area is 156 Å². The second-order valence-corrected chi connectivity index (χ2v) is 5.88. The van der Waals surface area contributed by atoms with Gasteiger partial charge in [-0.3, -0.25) is 9.59 Å². The average Bonchev–Trinajstić information content (AvgIpc) is 2.63. The van der Waals surface area contributed by atoms with Gasteiger partial charge in [0, 0.05) is 13.8 Å². The third kappa shape index (κ3) is 5.49. The van der Waals surface area contributed by atoms with Crippen LogP contribution in [0.5, 0.6) is 0 Å². The first-order chi connectivity index (χ1) is 12.8. The first-order valence-corrected chi connectivity index (χ1v) is 8.24. The van der Waals surface area contributed by atoms with Gasteiger partial charge in [-0.05, 0) is 5.56 Å². The zero-order chi connectivity index (χ0) is 20.0. The Morgan fingerprint density at radius 3 is 2.22 bits per heavy atom. The summed E-state index contributed by atoms with van der Waals surface area (Å²) in [4.78, 5) is 34.8. The van der Waals surface area contributed by atoms with Crippen LogP contribution < -0.4 is 0 Å². The largest absolute Gasteiger partial charge is 0.467 e. The molecule has 0 amide bonds. The molecule has 5 atom stereocenters. The molecule has 1 unspecified atom stereocenters. The maximum Gasteiger partial charge on any atom is 0.337 e. The van der Waals surface area contributed by atoms with Crippen molar-refractivity contribution in [3.8, 4) is 0 Å². The van der Waals surface area contributed by atoms with Crippen LogP contribution in [0, 0.1) is 0 Å². The highest BCUT2D eigenvalue weighted by Crippen LogP contribution is 2.28.